The molecular formula is C37H49FN4O4Si. The van der Waals surface area contributed by atoms with Gasteiger partial charge in [0.25, 0.3) is 5.91 Å². The zero-order valence-electron chi connectivity index (χ0n) is 28.7. The van der Waals surface area contributed by atoms with Crippen molar-refractivity contribution in [2.45, 2.75) is 89.8 Å². The molecule has 1 spiro atoms. The Hall–Kier alpha value is -3.60. The molecule has 47 heavy (non-hydrogen) atoms. The number of hydrogen-bond donors (Lipinski definition) is 1. The van der Waals surface area contributed by atoms with Crippen LogP contribution < -0.4 is 9.64 Å². The molecule has 1 aromatic heterocycles. The molecule has 1 amide bonds. The lowest BCUT2D eigenvalue weighted by molar-refractivity contribution is -0.145. The standard InChI is InChI=1S/C37H49FN4O4Si/c1-25(2)12-11-13-26(3)18-21-42-33-17-16-29(45-5)22-31(33)37(36(42)44)27(4)35(47(6,7)38)34(46-37)19-20-41-23-32(39-40-41)30(24-43)28-14-9-8-10-15-28/h8-10,12,14-18,22-23,27,30,34-35,43H,11,13,19-21,24H2,1-7H3/b26-18+/t27-,30?,34+,35-,37+/m1/s1. The Morgan fingerprint density at radius 3 is 2.57 bits per heavy atom. The first-order chi connectivity index (χ1) is 22.4. The quantitative estimate of drug-likeness (QED) is 0.117. The molecule has 0 bridgehead atoms. The van der Waals surface area contributed by atoms with Gasteiger partial charge >= 0.3 is 0 Å². The van der Waals surface area contributed by atoms with E-state index in [1.54, 1.807) is 29.8 Å². The maximum atomic E-state index is 16.3. The molecule has 2 aromatic carbocycles. The molecule has 1 N–H and O–H groups in total. The average molecular weight is 661 g/mol. The number of hydrogen-bond acceptors (Lipinski definition) is 6. The van der Waals surface area contributed by atoms with Crippen LogP contribution in [-0.2, 0) is 21.7 Å². The van der Waals surface area contributed by atoms with Gasteiger partial charge in [-0.05, 0) is 76.9 Å². The molecule has 3 heterocycles. The summed E-state index contributed by atoms with van der Waals surface area (Å²) < 4.78 is 30.5. The van der Waals surface area contributed by atoms with Gasteiger partial charge in [-0.1, -0.05) is 65.8 Å². The molecule has 0 saturated carbocycles. The SMILES string of the molecule is COc1ccc2c(c1)[C@]1(O[C@@H](CCn3cc(C(CO)c4ccccc4)nn3)[C@H]([Si](C)(C)F)[C@H]1C)C(=O)N2C/C=C(\C)CCC=C(C)C. The Kier molecular flexibility index (Phi) is 10.5. The van der Waals surface area contributed by atoms with Crippen molar-refractivity contribution in [1.29, 1.82) is 0 Å². The molecule has 2 aliphatic heterocycles. The smallest absolute Gasteiger partial charge is 0.264 e. The number of ether oxygens (including phenoxy) is 2. The van der Waals surface area contributed by atoms with Gasteiger partial charge in [-0.25, -0.2) is 0 Å². The topological polar surface area (TPSA) is 89.7 Å². The number of rotatable bonds is 13. The summed E-state index contributed by atoms with van der Waals surface area (Å²) in [6, 6.07) is 15.4. The minimum Gasteiger partial charge on any atom is -0.497 e. The first-order valence-electron chi connectivity index (χ1n) is 16.6. The molecule has 0 radical (unpaired) electrons. The van der Waals surface area contributed by atoms with Crippen LogP contribution in [0.25, 0.3) is 0 Å². The number of allylic oxidation sites excluding steroid dienone is 3. The molecule has 1 fully saturated rings. The van der Waals surface area contributed by atoms with Gasteiger partial charge < -0.3 is 23.6 Å². The van der Waals surface area contributed by atoms with E-state index in [1.165, 1.54) is 11.1 Å². The van der Waals surface area contributed by atoms with Crippen LogP contribution in [0.4, 0.5) is 9.80 Å². The van der Waals surface area contributed by atoms with Crippen LogP contribution >= 0.6 is 0 Å². The monoisotopic (exact) mass is 660 g/mol. The Morgan fingerprint density at radius 2 is 1.91 bits per heavy atom. The van der Waals surface area contributed by atoms with Gasteiger partial charge in [-0.15, -0.1) is 5.10 Å². The van der Waals surface area contributed by atoms with Crippen LogP contribution in [0.2, 0.25) is 18.6 Å². The zero-order valence-corrected chi connectivity index (χ0v) is 29.7. The first kappa shape index (κ1) is 34.7. The molecule has 1 unspecified atom stereocenters. The number of carbonyl (C=O) groups excluding carboxylic acids is 1. The molecule has 2 aliphatic rings. The Labute approximate surface area is 279 Å². The van der Waals surface area contributed by atoms with Crippen LogP contribution in [0.1, 0.15) is 69.7 Å². The number of anilines is 1. The summed E-state index contributed by atoms with van der Waals surface area (Å²) in [7, 11) is -1.72. The molecule has 5 rings (SSSR count). The number of fused-ring (bicyclic) bond motifs is 2. The van der Waals surface area contributed by atoms with Crippen molar-refractivity contribution >= 4 is 20.0 Å². The van der Waals surface area contributed by atoms with Crippen LogP contribution in [0.5, 0.6) is 5.75 Å². The van der Waals surface area contributed by atoms with E-state index in [1.807, 2.05) is 61.7 Å². The summed E-state index contributed by atoms with van der Waals surface area (Å²) in [5.74, 6) is -0.206. The van der Waals surface area contributed by atoms with Gasteiger partial charge in [0.1, 0.15) is 5.75 Å². The van der Waals surface area contributed by atoms with Crippen LogP contribution in [0, 0.1) is 5.92 Å². The maximum Gasteiger partial charge on any atom is 0.264 e. The maximum absolute atomic E-state index is 16.3. The van der Waals surface area contributed by atoms with E-state index in [2.05, 4.69) is 43.2 Å². The van der Waals surface area contributed by atoms with Crippen molar-refractivity contribution in [3.05, 3.63) is 94.8 Å². The van der Waals surface area contributed by atoms with Crippen LogP contribution in [0.3, 0.4) is 0 Å². The van der Waals surface area contributed by atoms with Crippen LogP contribution in [-0.4, -0.2) is 60.8 Å². The highest BCUT2D eigenvalue weighted by Crippen LogP contribution is 2.60. The zero-order chi connectivity index (χ0) is 33.9. The highest BCUT2D eigenvalue weighted by molar-refractivity contribution is 6.72. The largest absolute Gasteiger partial charge is 0.497 e. The minimum atomic E-state index is -3.32. The number of aliphatic hydroxyl groups is 1. The first-order valence-corrected chi connectivity index (χ1v) is 19.6. The van der Waals surface area contributed by atoms with Gasteiger partial charge in [0.2, 0.25) is 8.41 Å². The molecule has 0 aliphatic carbocycles. The van der Waals surface area contributed by atoms with E-state index in [-0.39, 0.29) is 18.4 Å². The summed E-state index contributed by atoms with van der Waals surface area (Å²) in [5.41, 5.74) is 3.91. The Morgan fingerprint density at radius 1 is 1.17 bits per heavy atom. The van der Waals surface area contributed by atoms with Crippen molar-refractivity contribution in [2.75, 3.05) is 25.2 Å². The molecule has 1 saturated heterocycles. The number of aryl methyl sites for hydroxylation is 1. The molecule has 3 aromatic rings. The Balaban J connectivity index is 1.42. The lowest BCUT2D eigenvalue weighted by Gasteiger charge is -2.31. The van der Waals surface area contributed by atoms with Crippen molar-refractivity contribution in [1.82, 2.24) is 15.0 Å². The van der Waals surface area contributed by atoms with Gasteiger partial charge in [-0.2, -0.15) is 0 Å². The summed E-state index contributed by atoms with van der Waals surface area (Å²) >= 11 is 0. The van der Waals surface area contributed by atoms with E-state index >= 15 is 4.11 Å². The second-order valence-electron chi connectivity index (χ2n) is 13.8. The van der Waals surface area contributed by atoms with Crippen molar-refractivity contribution in [3.8, 4) is 5.75 Å². The third-order valence-electron chi connectivity index (χ3n) is 9.82. The number of carbonyl (C=O) groups is 1. The third-order valence-corrected chi connectivity index (χ3v) is 12.3. The number of nitrogens with zero attached hydrogens (tertiary/aromatic N) is 4. The van der Waals surface area contributed by atoms with Crippen LogP contribution in [0.15, 0.2) is 78.0 Å². The highest BCUT2D eigenvalue weighted by atomic mass is 28.4. The van der Waals surface area contributed by atoms with E-state index in [0.717, 1.165) is 29.7 Å². The Bertz CT molecular complexity index is 1610. The lowest BCUT2D eigenvalue weighted by atomic mass is 9.82. The van der Waals surface area contributed by atoms with E-state index in [9.17, 15) is 9.90 Å². The number of amides is 1. The second kappa shape index (κ2) is 14.3. The predicted octanol–water partition coefficient (Wildman–Crippen LogP) is 7.32. The number of benzene rings is 2. The molecular weight excluding hydrogens is 612 g/mol. The number of aliphatic hydroxyl groups excluding tert-OH is 1. The fourth-order valence-electron chi connectivity index (χ4n) is 7.44. The van der Waals surface area contributed by atoms with Crippen molar-refractivity contribution in [3.63, 3.8) is 0 Å². The van der Waals surface area contributed by atoms with Gasteiger partial charge in [0.05, 0.1) is 37.1 Å². The fourth-order valence-corrected chi connectivity index (χ4v) is 9.98. The van der Waals surface area contributed by atoms with E-state index in [4.69, 9.17) is 9.47 Å². The summed E-state index contributed by atoms with van der Waals surface area (Å²) in [5, 5.41) is 18.8. The third kappa shape index (κ3) is 7.00. The lowest BCUT2D eigenvalue weighted by Crippen LogP contribution is -2.45. The van der Waals surface area contributed by atoms with Crippen molar-refractivity contribution in [2.24, 2.45) is 5.92 Å². The van der Waals surface area contributed by atoms with Gasteiger partial charge in [-0.3, -0.25) is 9.48 Å². The summed E-state index contributed by atoms with van der Waals surface area (Å²) in [6.07, 6.45) is 8.01. The fraction of sp³-hybridized carbons (Fsp3) is 0.486. The molecule has 8 nitrogen and oxygen atoms in total. The molecule has 10 heteroatoms. The summed E-state index contributed by atoms with van der Waals surface area (Å²) in [4.78, 5) is 16.4. The van der Waals surface area contributed by atoms with E-state index < -0.39 is 31.6 Å². The predicted molar refractivity (Wildman–Crippen MR) is 186 cm³/mol. The number of methoxy groups -OCH3 is 1. The van der Waals surface area contributed by atoms with Crippen molar-refractivity contribution < 1.29 is 23.5 Å². The van der Waals surface area contributed by atoms with Gasteiger partial charge in [0.15, 0.2) is 5.60 Å². The minimum absolute atomic E-state index is 0.0934. The molecule has 252 valence electrons. The highest BCUT2D eigenvalue weighted by Gasteiger charge is 2.66. The van der Waals surface area contributed by atoms with Gasteiger partial charge in [0, 0.05) is 36.3 Å². The molecule has 5 atom stereocenters. The number of aromatic nitrogens is 3. The van der Waals surface area contributed by atoms with E-state index in [0.29, 0.717) is 31.0 Å². The normalized spacial score (nSPS) is 23.3. The average Bonchev–Trinajstić information content (AvgIpc) is 3.69. The summed E-state index contributed by atoms with van der Waals surface area (Å²) in [6.45, 7) is 12.4. The second-order valence-corrected chi connectivity index (χ2v) is 17.6. The number of halogens is 1.